The van der Waals surface area contributed by atoms with E-state index in [1.165, 1.54) is 12.8 Å². The molecule has 3 heterocycles. The summed E-state index contributed by atoms with van der Waals surface area (Å²) in [6, 6.07) is 7.56. The van der Waals surface area contributed by atoms with Gasteiger partial charge >= 0.3 is 0 Å². The molecule has 1 amide bonds. The molecule has 0 aromatic carbocycles. The van der Waals surface area contributed by atoms with Crippen LogP contribution in [0.5, 0.6) is 5.88 Å². The number of amides is 1. The number of carbonyl (C=O) groups excluding carboxylic acids is 1. The first-order chi connectivity index (χ1) is 13.2. The predicted octanol–water partition coefficient (Wildman–Crippen LogP) is 2.46. The minimum absolute atomic E-state index is 0.0181. The van der Waals surface area contributed by atoms with E-state index < -0.39 is 0 Å². The Balaban J connectivity index is 1.32. The number of aromatic nitrogens is 3. The maximum Gasteiger partial charge on any atom is 0.255 e. The molecule has 7 heteroatoms. The van der Waals surface area contributed by atoms with Gasteiger partial charge in [-0.2, -0.15) is 5.10 Å². The van der Waals surface area contributed by atoms with Crippen LogP contribution in [-0.4, -0.2) is 58.3 Å². The first kappa shape index (κ1) is 17.7. The van der Waals surface area contributed by atoms with Gasteiger partial charge in [-0.1, -0.05) is 0 Å². The maximum absolute atomic E-state index is 12.7. The molecule has 0 N–H and O–H groups in total. The quantitative estimate of drug-likeness (QED) is 0.827. The molecule has 142 valence electrons. The van der Waals surface area contributed by atoms with Gasteiger partial charge in [-0.25, -0.2) is 4.98 Å². The number of carbonyl (C=O) groups is 1. The molecule has 0 atom stereocenters. The van der Waals surface area contributed by atoms with E-state index in [0.29, 0.717) is 24.5 Å². The highest BCUT2D eigenvalue weighted by Crippen LogP contribution is 2.23. The molecule has 1 aliphatic heterocycles. The van der Waals surface area contributed by atoms with Crippen molar-refractivity contribution in [2.45, 2.75) is 38.7 Å². The van der Waals surface area contributed by atoms with Gasteiger partial charge in [0.05, 0.1) is 11.3 Å². The van der Waals surface area contributed by atoms with Crippen LogP contribution in [0.1, 0.15) is 41.7 Å². The van der Waals surface area contributed by atoms with Crippen LogP contribution in [0.15, 0.2) is 30.5 Å². The van der Waals surface area contributed by atoms with Crippen LogP contribution in [0.25, 0.3) is 0 Å². The van der Waals surface area contributed by atoms with E-state index in [0.717, 1.165) is 37.4 Å². The van der Waals surface area contributed by atoms with Crippen LogP contribution in [0.4, 0.5) is 5.82 Å². The van der Waals surface area contributed by atoms with Gasteiger partial charge in [-0.3, -0.25) is 4.79 Å². The molecule has 1 saturated heterocycles. The van der Waals surface area contributed by atoms with Crippen molar-refractivity contribution >= 4 is 11.7 Å². The number of hydrogen-bond acceptors (Lipinski definition) is 6. The molecule has 2 fully saturated rings. The minimum atomic E-state index is 0.0181. The summed E-state index contributed by atoms with van der Waals surface area (Å²) in [6.45, 7) is 4.74. The lowest BCUT2D eigenvalue weighted by atomic mass is 10.2. The zero-order chi connectivity index (χ0) is 18.6. The first-order valence-electron chi connectivity index (χ1n) is 9.66. The molecule has 0 spiro atoms. The molecule has 1 saturated carbocycles. The number of anilines is 1. The summed E-state index contributed by atoms with van der Waals surface area (Å²) in [4.78, 5) is 21.1. The smallest absolute Gasteiger partial charge is 0.255 e. The number of hydrogen-bond donors (Lipinski definition) is 0. The minimum Gasteiger partial charge on any atom is -0.474 e. The number of pyridine rings is 1. The molecule has 0 unspecified atom stereocenters. The normalized spacial score (nSPS) is 18.0. The van der Waals surface area contributed by atoms with Gasteiger partial charge in [0.15, 0.2) is 5.82 Å². The number of nitrogens with zero attached hydrogens (tertiary/aromatic N) is 5. The summed E-state index contributed by atoms with van der Waals surface area (Å²) in [5, 5.41) is 8.34. The molecule has 2 aliphatic rings. The van der Waals surface area contributed by atoms with E-state index in [2.05, 4.69) is 20.1 Å². The van der Waals surface area contributed by atoms with E-state index >= 15 is 0 Å². The topological polar surface area (TPSA) is 71.5 Å². The highest BCUT2D eigenvalue weighted by molar-refractivity contribution is 5.94. The number of rotatable bonds is 4. The third kappa shape index (κ3) is 4.18. The van der Waals surface area contributed by atoms with E-state index in [4.69, 9.17) is 4.74 Å². The Morgan fingerprint density at radius 3 is 2.44 bits per heavy atom. The molecular weight excluding hydrogens is 342 g/mol. The fraction of sp³-hybridized carbons (Fsp3) is 0.500. The van der Waals surface area contributed by atoms with E-state index in [1.54, 1.807) is 6.20 Å². The molecule has 0 bridgehead atoms. The molecule has 0 radical (unpaired) electrons. The molecule has 2 aromatic heterocycles. The van der Waals surface area contributed by atoms with Crippen molar-refractivity contribution in [2.24, 2.45) is 0 Å². The number of aryl methyl sites for hydroxylation is 1. The summed E-state index contributed by atoms with van der Waals surface area (Å²) in [5.41, 5.74) is 1.51. The Kier molecular flexibility index (Phi) is 5.18. The number of ether oxygens (including phenoxy) is 1. The maximum atomic E-state index is 12.7. The lowest BCUT2D eigenvalue weighted by molar-refractivity contribution is 0.0746. The van der Waals surface area contributed by atoms with Gasteiger partial charge < -0.3 is 14.5 Å². The van der Waals surface area contributed by atoms with Crippen LogP contribution in [-0.2, 0) is 0 Å². The Labute approximate surface area is 159 Å². The molecule has 4 rings (SSSR count). The van der Waals surface area contributed by atoms with Crippen molar-refractivity contribution in [3.8, 4) is 5.88 Å². The van der Waals surface area contributed by atoms with Crippen molar-refractivity contribution < 1.29 is 9.53 Å². The van der Waals surface area contributed by atoms with Crippen molar-refractivity contribution in [3.05, 3.63) is 41.7 Å². The average molecular weight is 367 g/mol. The summed E-state index contributed by atoms with van der Waals surface area (Å²) in [6.07, 6.45) is 6.54. The summed E-state index contributed by atoms with van der Waals surface area (Å²) < 4.78 is 5.87. The van der Waals surface area contributed by atoms with Gasteiger partial charge in [0.2, 0.25) is 5.88 Å². The molecule has 7 nitrogen and oxygen atoms in total. The highest BCUT2D eigenvalue weighted by atomic mass is 16.5. The van der Waals surface area contributed by atoms with Crippen LogP contribution in [0, 0.1) is 6.92 Å². The SMILES string of the molecule is Cc1ccc(N2CCN(C(=O)c3ccc(OC4CCCC4)nc3)CC2)nn1. The standard InChI is InChI=1S/C20H25N5O2/c1-15-6-8-18(23-22-15)24-10-12-25(13-11-24)20(26)16-7-9-19(21-14-16)27-17-4-2-3-5-17/h6-9,14,17H,2-5,10-13H2,1H3. The Morgan fingerprint density at radius 2 is 1.81 bits per heavy atom. The third-order valence-corrected chi connectivity index (χ3v) is 5.25. The van der Waals surface area contributed by atoms with Crippen LogP contribution < -0.4 is 9.64 Å². The summed E-state index contributed by atoms with van der Waals surface area (Å²) >= 11 is 0. The van der Waals surface area contributed by atoms with E-state index in [9.17, 15) is 4.79 Å². The van der Waals surface area contributed by atoms with Gasteiger partial charge in [0.1, 0.15) is 6.10 Å². The van der Waals surface area contributed by atoms with E-state index in [1.807, 2.05) is 36.1 Å². The fourth-order valence-corrected chi connectivity index (χ4v) is 3.64. The van der Waals surface area contributed by atoms with Gasteiger partial charge in [0.25, 0.3) is 5.91 Å². The monoisotopic (exact) mass is 367 g/mol. The third-order valence-electron chi connectivity index (χ3n) is 5.25. The van der Waals surface area contributed by atoms with Gasteiger partial charge in [0, 0.05) is 38.4 Å². The van der Waals surface area contributed by atoms with Crippen molar-refractivity contribution in [2.75, 3.05) is 31.1 Å². The highest BCUT2D eigenvalue weighted by Gasteiger charge is 2.23. The second-order valence-electron chi connectivity index (χ2n) is 7.22. The van der Waals surface area contributed by atoms with Crippen molar-refractivity contribution in [1.82, 2.24) is 20.1 Å². The zero-order valence-corrected chi connectivity index (χ0v) is 15.7. The Morgan fingerprint density at radius 1 is 1.04 bits per heavy atom. The summed E-state index contributed by atoms with van der Waals surface area (Å²) in [5.74, 6) is 1.49. The van der Waals surface area contributed by atoms with Crippen LogP contribution >= 0.6 is 0 Å². The molecule has 2 aromatic rings. The van der Waals surface area contributed by atoms with E-state index in [-0.39, 0.29) is 12.0 Å². The second-order valence-corrected chi connectivity index (χ2v) is 7.22. The molecular formula is C20H25N5O2. The zero-order valence-electron chi connectivity index (χ0n) is 15.7. The average Bonchev–Trinajstić information content (AvgIpc) is 3.22. The first-order valence-corrected chi connectivity index (χ1v) is 9.66. The largest absolute Gasteiger partial charge is 0.474 e. The van der Waals surface area contributed by atoms with Crippen LogP contribution in [0.3, 0.4) is 0 Å². The second kappa shape index (κ2) is 7.90. The molecule has 27 heavy (non-hydrogen) atoms. The van der Waals surface area contributed by atoms with Gasteiger partial charge in [-0.05, 0) is 50.8 Å². The Bertz CT molecular complexity index is 764. The van der Waals surface area contributed by atoms with Gasteiger partial charge in [-0.15, -0.1) is 5.10 Å². The lowest BCUT2D eigenvalue weighted by Gasteiger charge is -2.35. The van der Waals surface area contributed by atoms with Crippen molar-refractivity contribution in [3.63, 3.8) is 0 Å². The fourth-order valence-electron chi connectivity index (χ4n) is 3.64. The lowest BCUT2D eigenvalue weighted by Crippen LogP contribution is -2.49. The molecule has 1 aliphatic carbocycles. The number of piperazine rings is 1. The Hall–Kier alpha value is -2.70. The van der Waals surface area contributed by atoms with Crippen molar-refractivity contribution in [1.29, 1.82) is 0 Å². The summed E-state index contributed by atoms with van der Waals surface area (Å²) in [7, 11) is 0. The predicted molar refractivity (Wildman–Crippen MR) is 102 cm³/mol. The van der Waals surface area contributed by atoms with Crippen LogP contribution in [0.2, 0.25) is 0 Å².